The van der Waals surface area contributed by atoms with Crippen LogP contribution in [0, 0.1) is 11.8 Å². The number of carboxylic acid groups (broad SMARTS) is 1. The van der Waals surface area contributed by atoms with Crippen molar-refractivity contribution in [3.05, 3.63) is 33.0 Å². The Kier molecular flexibility index (Phi) is 6.36. The molecule has 0 aromatic carbocycles. The second-order valence-electron chi connectivity index (χ2n) is 6.52. The van der Waals surface area contributed by atoms with Gasteiger partial charge in [0.2, 0.25) is 5.91 Å². The molecule has 1 aromatic heterocycles. The molecule has 0 aliphatic heterocycles. The third-order valence-corrected chi connectivity index (χ3v) is 5.63. The molecule has 2 atom stereocenters. The van der Waals surface area contributed by atoms with Gasteiger partial charge < -0.3 is 5.11 Å². The summed E-state index contributed by atoms with van der Waals surface area (Å²) < 4.78 is 0. The van der Waals surface area contributed by atoms with E-state index in [9.17, 15) is 19.5 Å². The normalized spacial score (nSPS) is 20.3. The molecular formula is C18H24N2O4S. The first-order chi connectivity index (χ1) is 11.8. The smallest absolute Gasteiger partial charge is 0.307 e. The number of nitrogens with one attached hydrogen (secondary N) is 2. The highest BCUT2D eigenvalue weighted by Gasteiger charge is 2.37. The van der Waals surface area contributed by atoms with E-state index in [1.54, 1.807) is 5.38 Å². The van der Waals surface area contributed by atoms with Crippen LogP contribution in [0.4, 0.5) is 0 Å². The van der Waals surface area contributed by atoms with Crippen LogP contribution in [0.1, 0.15) is 55.3 Å². The lowest BCUT2D eigenvalue weighted by atomic mass is 9.76. The molecule has 7 heteroatoms. The van der Waals surface area contributed by atoms with E-state index in [-0.39, 0.29) is 0 Å². The topological polar surface area (TPSA) is 95.5 Å². The summed E-state index contributed by atoms with van der Waals surface area (Å²) >= 11 is 1.51. The van der Waals surface area contributed by atoms with Crippen LogP contribution >= 0.6 is 11.3 Å². The standard InChI is InChI=1S/C18H24N2O4S/c1-4-5-13-8-12(9-25-13)16(21)19-20-17(22)14-6-10(2)11(3)7-15(14)18(23)24/h8-9,14-15H,4-7H2,1-3H3,(H,19,21)(H,20,22)(H,23,24)/t14-,15-/m0/s1. The monoisotopic (exact) mass is 364 g/mol. The van der Waals surface area contributed by atoms with Crippen LogP contribution < -0.4 is 10.9 Å². The number of thiophene rings is 1. The number of hydrogen-bond donors (Lipinski definition) is 3. The van der Waals surface area contributed by atoms with E-state index in [1.165, 1.54) is 11.3 Å². The third-order valence-electron chi connectivity index (χ3n) is 4.63. The first kappa shape index (κ1) is 19.2. The van der Waals surface area contributed by atoms with Crippen molar-refractivity contribution < 1.29 is 19.5 Å². The zero-order valence-electron chi connectivity index (χ0n) is 14.7. The number of allylic oxidation sites excluding steroid dienone is 2. The molecule has 2 amide bonds. The summed E-state index contributed by atoms with van der Waals surface area (Å²) in [6.45, 7) is 5.87. The van der Waals surface area contributed by atoms with Crippen LogP contribution in [0.3, 0.4) is 0 Å². The second kappa shape index (κ2) is 8.29. The maximum atomic E-state index is 12.4. The molecule has 0 saturated carbocycles. The zero-order valence-corrected chi connectivity index (χ0v) is 15.5. The number of amides is 2. The largest absolute Gasteiger partial charge is 0.481 e. The fraction of sp³-hybridized carbons (Fsp3) is 0.500. The summed E-state index contributed by atoms with van der Waals surface area (Å²) in [6.07, 6.45) is 2.67. The third kappa shape index (κ3) is 4.69. The Morgan fingerprint density at radius 3 is 2.40 bits per heavy atom. The lowest BCUT2D eigenvalue weighted by Crippen LogP contribution is -2.48. The summed E-state index contributed by atoms with van der Waals surface area (Å²) in [4.78, 5) is 37.1. The highest BCUT2D eigenvalue weighted by Crippen LogP contribution is 2.34. The molecular weight excluding hydrogens is 340 g/mol. The van der Waals surface area contributed by atoms with Gasteiger partial charge in [0.1, 0.15) is 0 Å². The van der Waals surface area contributed by atoms with Crippen molar-refractivity contribution in [2.75, 3.05) is 0 Å². The number of carbonyl (C=O) groups excluding carboxylic acids is 2. The molecule has 6 nitrogen and oxygen atoms in total. The molecule has 0 bridgehead atoms. The van der Waals surface area contributed by atoms with Crippen molar-refractivity contribution in [2.45, 2.75) is 46.5 Å². The molecule has 1 aliphatic rings. The fourth-order valence-corrected chi connectivity index (χ4v) is 3.96. The number of hydrogen-bond acceptors (Lipinski definition) is 4. The molecule has 25 heavy (non-hydrogen) atoms. The summed E-state index contributed by atoms with van der Waals surface area (Å²) in [6, 6.07) is 1.81. The van der Waals surface area contributed by atoms with E-state index in [2.05, 4.69) is 17.8 Å². The Morgan fingerprint density at radius 1 is 1.16 bits per heavy atom. The van der Waals surface area contributed by atoms with Crippen molar-refractivity contribution in [3.63, 3.8) is 0 Å². The van der Waals surface area contributed by atoms with Crippen LogP contribution in [0.25, 0.3) is 0 Å². The van der Waals surface area contributed by atoms with Crippen LogP contribution in [0.15, 0.2) is 22.6 Å². The molecule has 0 saturated heterocycles. The van der Waals surface area contributed by atoms with Gasteiger partial charge in [0.25, 0.3) is 5.91 Å². The van der Waals surface area contributed by atoms with E-state index in [4.69, 9.17) is 0 Å². The second-order valence-corrected chi connectivity index (χ2v) is 7.51. The predicted octanol–water partition coefficient (Wildman–Crippen LogP) is 2.91. The number of aryl methyl sites for hydroxylation is 1. The van der Waals surface area contributed by atoms with E-state index in [0.29, 0.717) is 18.4 Å². The van der Waals surface area contributed by atoms with Gasteiger partial charge in [-0.15, -0.1) is 11.3 Å². The molecule has 1 aromatic rings. The Hall–Kier alpha value is -2.15. The van der Waals surface area contributed by atoms with Crippen molar-refractivity contribution in [1.82, 2.24) is 10.9 Å². The predicted molar refractivity (Wildman–Crippen MR) is 96.1 cm³/mol. The van der Waals surface area contributed by atoms with E-state index >= 15 is 0 Å². The summed E-state index contributed by atoms with van der Waals surface area (Å²) in [5.41, 5.74) is 7.34. The lowest BCUT2D eigenvalue weighted by molar-refractivity contribution is -0.147. The van der Waals surface area contributed by atoms with Crippen molar-refractivity contribution >= 4 is 29.1 Å². The average molecular weight is 364 g/mol. The fourth-order valence-electron chi connectivity index (χ4n) is 2.99. The Bertz CT molecular complexity index is 708. The minimum atomic E-state index is -0.986. The SMILES string of the molecule is CCCc1cc(C(=O)NNC(=O)[C@H]2CC(C)=C(C)C[C@@H]2C(=O)O)cs1. The maximum Gasteiger partial charge on any atom is 0.307 e. The number of hydrazine groups is 1. The summed E-state index contributed by atoms with van der Waals surface area (Å²) in [5.74, 6) is -3.28. The Balaban J connectivity index is 1.98. The van der Waals surface area contributed by atoms with Gasteiger partial charge >= 0.3 is 5.97 Å². The van der Waals surface area contributed by atoms with Crippen molar-refractivity contribution in [1.29, 1.82) is 0 Å². The molecule has 0 unspecified atom stereocenters. The lowest BCUT2D eigenvalue weighted by Gasteiger charge is -2.29. The van der Waals surface area contributed by atoms with Gasteiger partial charge in [-0.25, -0.2) is 0 Å². The van der Waals surface area contributed by atoms with Gasteiger partial charge in [-0.05, 0) is 39.2 Å². The van der Waals surface area contributed by atoms with Crippen LogP contribution in [0.2, 0.25) is 0 Å². The zero-order chi connectivity index (χ0) is 18.6. The van der Waals surface area contributed by atoms with E-state index < -0.39 is 29.6 Å². The first-order valence-corrected chi connectivity index (χ1v) is 9.27. The minimum absolute atomic E-state index is 0.359. The van der Waals surface area contributed by atoms with Crippen LogP contribution in [-0.4, -0.2) is 22.9 Å². The molecule has 136 valence electrons. The molecule has 0 fully saturated rings. The summed E-state index contributed by atoms with van der Waals surface area (Å²) in [7, 11) is 0. The highest BCUT2D eigenvalue weighted by atomic mass is 32.1. The Labute approximate surface area is 151 Å². The van der Waals surface area contributed by atoms with Gasteiger partial charge in [-0.2, -0.15) is 0 Å². The van der Waals surface area contributed by atoms with Crippen LogP contribution in [0.5, 0.6) is 0 Å². The number of rotatable bonds is 5. The van der Waals surface area contributed by atoms with Gasteiger partial charge in [-0.3, -0.25) is 25.2 Å². The average Bonchev–Trinajstić information content (AvgIpc) is 3.03. The van der Waals surface area contributed by atoms with Gasteiger partial charge in [-0.1, -0.05) is 24.5 Å². The molecule has 1 heterocycles. The molecule has 1 aliphatic carbocycles. The molecule has 3 N–H and O–H groups in total. The van der Waals surface area contributed by atoms with Gasteiger partial charge in [0.05, 0.1) is 17.4 Å². The van der Waals surface area contributed by atoms with Crippen molar-refractivity contribution in [3.8, 4) is 0 Å². The Morgan fingerprint density at radius 2 is 1.80 bits per heavy atom. The summed E-state index contributed by atoms with van der Waals surface area (Å²) in [5, 5.41) is 11.1. The van der Waals surface area contributed by atoms with Gasteiger partial charge in [0.15, 0.2) is 0 Å². The molecule has 0 spiro atoms. The quantitative estimate of drug-likeness (QED) is 0.553. The van der Waals surface area contributed by atoms with E-state index in [1.807, 2.05) is 19.9 Å². The number of aliphatic carboxylic acids is 1. The first-order valence-electron chi connectivity index (χ1n) is 8.39. The molecule has 2 rings (SSSR count). The van der Waals surface area contributed by atoms with Crippen molar-refractivity contribution in [2.24, 2.45) is 11.8 Å². The number of carboxylic acids is 1. The minimum Gasteiger partial charge on any atom is -0.481 e. The number of carbonyl (C=O) groups is 3. The van der Waals surface area contributed by atoms with Gasteiger partial charge in [0, 0.05) is 10.3 Å². The maximum absolute atomic E-state index is 12.4. The molecule has 0 radical (unpaired) electrons. The van der Waals surface area contributed by atoms with Crippen LogP contribution in [-0.2, 0) is 16.0 Å². The van der Waals surface area contributed by atoms with E-state index in [0.717, 1.165) is 28.9 Å². The highest BCUT2D eigenvalue weighted by molar-refractivity contribution is 7.10.